The topological polar surface area (TPSA) is 24.9 Å². The lowest BCUT2D eigenvalue weighted by Gasteiger charge is -2.13. The number of rotatable bonds is 3. The average Bonchev–Trinajstić information content (AvgIpc) is 2.80. The molecule has 102 valence electrons. The molecule has 0 aliphatic carbocycles. The Hall–Kier alpha value is -1.10. The summed E-state index contributed by atoms with van der Waals surface area (Å²) in [6.45, 7) is 2.13. The minimum atomic E-state index is 0.208. The van der Waals surface area contributed by atoms with Gasteiger partial charge >= 0.3 is 0 Å². The van der Waals surface area contributed by atoms with Crippen molar-refractivity contribution in [1.82, 2.24) is 4.98 Å². The number of hydrogen-bond acceptors (Lipinski definition) is 3. The van der Waals surface area contributed by atoms with Crippen LogP contribution in [0.25, 0.3) is 10.2 Å². The molecule has 0 saturated heterocycles. The van der Waals surface area contributed by atoms with Crippen molar-refractivity contribution in [3.63, 3.8) is 0 Å². The van der Waals surface area contributed by atoms with E-state index in [1.807, 2.05) is 30.3 Å². The fourth-order valence-corrected chi connectivity index (χ4v) is 3.35. The molecule has 3 aromatic rings. The summed E-state index contributed by atoms with van der Waals surface area (Å²) in [5, 5.41) is 5.07. The highest BCUT2D eigenvalue weighted by atomic mass is 79.9. The van der Waals surface area contributed by atoms with Crippen LogP contribution >= 0.6 is 38.9 Å². The van der Waals surface area contributed by atoms with Crippen LogP contribution in [0.5, 0.6) is 0 Å². The molecule has 5 heteroatoms. The molecule has 0 bridgehead atoms. The van der Waals surface area contributed by atoms with E-state index in [0.717, 1.165) is 24.8 Å². The monoisotopic (exact) mass is 366 g/mol. The van der Waals surface area contributed by atoms with Crippen molar-refractivity contribution in [2.24, 2.45) is 0 Å². The van der Waals surface area contributed by atoms with Crippen molar-refractivity contribution in [2.75, 3.05) is 5.32 Å². The van der Waals surface area contributed by atoms with Crippen molar-refractivity contribution in [3.8, 4) is 0 Å². The molecular weight excluding hydrogens is 356 g/mol. The first-order valence-electron chi connectivity index (χ1n) is 6.20. The second-order valence-corrected chi connectivity index (χ2v) is 6.93. The van der Waals surface area contributed by atoms with E-state index in [1.54, 1.807) is 11.3 Å². The molecule has 2 aromatic carbocycles. The quantitative estimate of drug-likeness (QED) is 0.624. The number of fused-ring (bicyclic) bond motifs is 1. The van der Waals surface area contributed by atoms with Crippen molar-refractivity contribution in [1.29, 1.82) is 0 Å². The summed E-state index contributed by atoms with van der Waals surface area (Å²) in [7, 11) is 0. The van der Waals surface area contributed by atoms with E-state index in [9.17, 15) is 0 Å². The number of thiazole rings is 1. The predicted octanol–water partition coefficient (Wildman–Crippen LogP) is 5.89. The Bertz CT molecular complexity index is 739. The Morgan fingerprint density at radius 2 is 1.95 bits per heavy atom. The summed E-state index contributed by atoms with van der Waals surface area (Å²) in [6, 6.07) is 14.3. The Balaban J connectivity index is 1.83. The number of aromatic nitrogens is 1. The van der Waals surface area contributed by atoms with E-state index in [2.05, 4.69) is 45.3 Å². The summed E-state index contributed by atoms with van der Waals surface area (Å²) in [4.78, 5) is 4.57. The van der Waals surface area contributed by atoms with E-state index < -0.39 is 0 Å². The van der Waals surface area contributed by atoms with Crippen molar-refractivity contribution >= 4 is 54.2 Å². The van der Waals surface area contributed by atoms with Crippen LogP contribution in [0.3, 0.4) is 0 Å². The fraction of sp³-hybridized carbons (Fsp3) is 0.133. The molecule has 1 N–H and O–H groups in total. The third-order valence-corrected chi connectivity index (χ3v) is 4.79. The van der Waals surface area contributed by atoms with E-state index in [0.29, 0.717) is 0 Å². The van der Waals surface area contributed by atoms with Gasteiger partial charge in [-0.1, -0.05) is 51.0 Å². The molecule has 20 heavy (non-hydrogen) atoms. The van der Waals surface area contributed by atoms with E-state index in [-0.39, 0.29) is 6.04 Å². The van der Waals surface area contributed by atoms with Crippen LogP contribution in [0.4, 0.5) is 5.13 Å². The van der Waals surface area contributed by atoms with Crippen LogP contribution < -0.4 is 5.32 Å². The van der Waals surface area contributed by atoms with E-state index >= 15 is 0 Å². The lowest BCUT2D eigenvalue weighted by atomic mass is 10.1. The van der Waals surface area contributed by atoms with Gasteiger partial charge < -0.3 is 5.32 Å². The largest absolute Gasteiger partial charge is 0.355 e. The Labute approximate surface area is 134 Å². The third kappa shape index (κ3) is 2.97. The highest BCUT2D eigenvalue weighted by Gasteiger charge is 2.09. The van der Waals surface area contributed by atoms with Crippen LogP contribution in [0.1, 0.15) is 18.5 Å². The minimum absolute atomic E-state index is 0.208. The molecule has 0 amide bonds. The molecular formula is C15H12BrClN2S. The van der Waals surface area contributed by atoms with Gasteiger partial charge in [0.2, 0.25) is 0 Å². The highest BCUT2D eigenvalue weighted by molar-refractivity contribution is 9.10. The maximum absolute atomic E-state index is 5.98. The van der Waals surface area contributed by atoms with E-state index in [1.165, 1.54) is 5.56 Å². The maximum atomic E-state index is 5.98. The summed E-state index contributed by atoms with van der Waals surface area (Å²) >= 11 is 11.1. The van der Waals surface area contributed by atoms with Gasteiger partial charge in [-0.25, -0.2) is 4.98 Å². The van der Waals surface area contributed by atoms with Gasteiger partial charge in [0, 0.05) is 9.50 Å². The summed E-state index contributed by atoms with van der Waals surface area (Å²) < 4.78 is 2.22. The molecule has 0 saturated carbocycles. The lowest BCUT2D eigenvalue weighted by molar-refractivity contribution is 0.882. The maximum Gasteiger partial charge on any atom is 0.184 e. The summed E-state index contributed by atoms with van der Waals surface area (Å²) in [5.41, 5.74) is 2.17. The van der Waals surface area contributed by atoms with Crippen LogP contribution in [-0.2, 0) is 0 Å². The van der Waals surface area contributed by atoms with Gasteiger partial charge in [-0.15, -0.1) is 0 Å². The molecule has 0 spiro atoms. The molecule has 0 aliphatic heterocycles. The highest BCUT2D eigenvalue weighted by Crippen LogP contribution is 2.30. The van der Waals surface area contributed by atoms with Crippen molar-refractivity contribution in [3.05, 3.63) is 57.5 Å². The number of nitrogens with one attached hydrogen (secondary N) is 1. The first kappa shape index (κ1) is 13.9. The van der Waals surface area contributed by atoms with Gasteiger partial charge in [-0.3, -0.25) is 0 Å². The zero-order valence-corrected chi connectivity index (χ0v) is 13.9. The van der Waals surface area contributed by atoms with Crippen LogP contribution in [0, 0.1) is 0 Å². The SMILES string of the molecule is CC(Nc1nc2cc(Cl)ccc2s1)c1ccc(Br)cc1. The van der Waals surface area contributed by atoms with Crippen LogP contribution in [-0.4, -0.2) is 4.98 Å². The van der Waals surface area contributed by atoms with Crippen LogP contribution in [0.2, 0.25) is 5.02 Å². The average molecular weight is 368 g/mol. The first-order chi connectivity index (χ1) is 9.61. The van der Waals surface area contributed by atoms with Gasteiger partial charge in [0.05, 0.1) is 16.3 Å². The molecule has 0 aliphatic rings. The standard InChI is InChI=1S/C15H12BrClN2S/c1-9(10-2-4-11(16)5-3-10)18-15-19-13-8-12(17)6-7-14(13)20-15/h2-9H,1H3,(H,18,19). The fourth-order valence-electron chi connectivity index (χ4n) is 1.98. The molecule has 1 heterocycles. The Morgan fingerprint density at radius 1 is 1.20 bits per heavy atom. The molecule has 3 rings (SSSR count). The van der Waals surface area contributed by atoms with Crippen molar-refractivity contribution in [2.45, 2.75) is 13.0 Å². The van der Waals surface area contributed by atoms with Gasteiger partial charge in [0.15, 0.2) is 5.13 Å². The number of benzene rings is 2. The number of halogens is 2. The number of nitrogens with zero attached hydrogens (tertiary/aromatic N) is 1. The molecule has 0 radical (unpaired) electrons. The summed E-state index contributed by atoms with van der Waals surface area (Å²) in [5.74, 6) is 0. The smallest absolute Gasteiger partial charge is 0.184 e. The second kappa shape index (κ2) is 5.72. The zero-order chi connectivity index (χ0) is 14.1. The Morgan fingerprint density at radius 3 is 2.70 bits per heavy atom. The van der Waals surface area contributed by atoms with E-state index in [4.69, 9.17) is 11.6 Å². The molecule has 2 nitrogen and oxygen atoms in total. The zero-order valence-electron chi connectivity index (χ0n) is 10.7. The third-order valence-electron chi connectivity index (χ3n) is 3.06. The van der Waals surface area contributed by atoms with Crippen LogP contribution in [0.15, 0.2) is 46.9 Å². The summed E-state index contributed by atoms with van der Waals surface area (Å²) in [6.07, 6.45) is 0. The molecule has 1 atom stereocenters. The normalized spacial score (nSPS) is 12.6. The number of anilines is 1. The molecule has 1 unspecified atom stereocenters. The van der Waals surface area contributed by atoms with Gasteiger partial charge in [0.1, 0.15) is 0 Å². The molecule has 0 fully saturated rings. The van der Waals surface area contributed by atoms with Gasteiger partial charge in [0.25, 0.3) is 0 Å². The number of hydrogen-bond donors (Lipinski definition) is 1. The Kier molecular flexibility index (Phi) is 3.96. The van der Waals surface area contributed by atoms with Crippen molar-refractivity contribution < 1.29 is 0 Å². The predicted molar refractivity (Wildman–Crippen MR) is 90.8 cm³/mol. The lowest BCUT2D eigenvalue weighted by Crippen LogP contribution is -2.05. The molecule has 1 aromatic heterocycles. The second-order valence-electron chi connectivity index (χ2n) is 4.55. The minimum Gasteiger partial charge on any atom is -0.355 e. The first-order valence-corrected chi connectivity index (χ1v) is 8.18. The van der Waals surface area contributed by atoms with Gasteiger partial charge in [-0.05, 0) is 42.8 Å². The van der Waals surface area contributed by atoms with Gasteiger partial charge in [-0.2, -0.15) is 0 Å².